The Balaban J connectivity index is 1.80. The molecule has 1 amide bonds. The predicted molar refractivity (Wildman–Crippen MR) is 132 cm³/mol. The van der Waals surface area contributed by atoms with E-state index < -0.39 is 23.9 Å². The van der Waals surface area contributed by atoms with Crippen LogP contribution in [-0.2, 0) is 25.5 Å². The van der Waals surface area contributed by atoms with Gasteiger partial charge in [-0.1, -0.05) is 43.7 Å². The van der Waals surface area contributed by atoms with Gasteiger partial charge in [-0.25, -0.2) is 9.78 Å². The van der Waals surface area contributed by atoms with Crippen LogP contribution in [0.2, 0.25) is 0 Å². The molecule has 1 saturated heterocycles. The Hall–Kier alpha value is -3.46. The van der Waals surface area contributed by atoms with Crippen LogP contribution in [0.3, 0.4) is 0 Å². The van der Waals surface area contributed by atoms with E-state index in [4.69, 9.17) is 18.9 Å². The van der Waals surface area contributed by atoms with Crippen LogP contribution in [0.4, 0.5) is 0 Å². The van der Waals surface area contributed by atoms with Gasteiger partial charge in [0.15, 0.2) is 17.5 Å². The molecule has 1 aromatic heterocycles. The molecule has 1 aliphatic rings. The number of benzene rings is 1. The van der Waals surface area contributed by atoms with Gasteiger partial charge in [-0.2, -0.15) is 0 Å². The number of ether oxygens (including phenoxy) is 4. The standard InChI is InChI=1S/C27H34N2O7/c1-5-9-20-15-34-16-22(27(32)35-17(2)21(20)14-19-10-7-6-8-11-19)29-26(31)24-25(36-18(3)30)23(33-4)12-13-28-24/h6-8,10-13,17,20-22H,5,9,14-16H2,1-4H3,(H,29,31)/t17-,20-,21-,22-/m0/s1. The molecular formula is C27H34N2O7. The topological polar surface area (TPSA) is 113 Å². The highest BCUT2D eigenvalue weighted by molar-refractivity contribution is 5.98. The second-order valence-corrected chi connectivity index (χ2v) is 8.89. The third-order valence-electron chi connectivity index (χ3n) is 6.24. The number of hydrogen-bond donors (Lipinski definition) is 1. The maximum atomic E-state index is 13.1. The molecule has 3 rings (SSSR count). The van der Waals surface area contributed by atoms with Crippen LogP contribution in [-0.4, -0.2) is 55.3 Å². The summed E-state index contributed by atoms with van der Waals surface area (Å²) in [5.74, 6) is -1.66. The van der Waals surface area contributed by atoms with Crippen molar-refractivity contribution in [3.05, 3.63) is 53.9 Å². The minimum absolute atomic E-state index is 0.0531. The molecule has 0 aliphatic carbocycles. The third-order valence-corrected chi connectivity index (χ3v) is 6.24. The first-order chi connectivity index (χ1) is 17.3. The number of esters is 2. The molecule has 0 radical (unpaired) electrons. The van der Waals surface area contributed by atoms with E-state index in [0.717, 1.165) is 24.8 Å². The molecule has 2 aromatic rings. The Morgan fingerprint density at radius 3 is 2.58 bits per heavy atom. The van der Waals surface area contributed by atoms with Crippen molar-refractivity contribution in [3.8, 4) is 11.5 Å². The number of hydrogen-bond acceptors (Lipinski definition) is 8. The van der Waals surface area contributed by atoms with Crippen LogP contribution in [0.15, 0.2) is 42.6 Å². The van der Waals surface area contributed by atoms with Crippen LogP contribution < -0.4 is 14.8 Å². The summed E-state index contributed by atoms with van der Waals surface area (Å²) >= 11 is 0. The Kier molecular flexibility index (Phi) is 9.81. The van der Waals surface area contributed by atoms with E-state index >= 15 is 0 Å². The second kappa shape index (κ2) is 13.0. The van der Waals surface area contributed by atoms with Crippen molar-refractivity contribution >= 4 is 17.8 Å². The third kappa shape index (κ3) is 7.04. The number of rotatable bonds is 8. The van der Waals surface area contributed by atoms with E-state index in [0.29, 0.717) is 6.61 Å². The molecule has 1 fully saturated rings. The molecule has 1 aliphatic heterocycles. The van der Waals surface area contributed by atoms with E-state index in [9.17, 15) is 14.4 Å². The van der Waals surface area contributed by atoms with Gasteiger partial charge >= 0.3 is 11.9 Å². The summed E-state index contributed by atoms with van der Waals surface area (Å²) in [5, 5.41) is 2.63. The lowest BCUT2D eigenvalue weighted by atomic mass is 9.81. The maximum absolute atomic E-state index is 13.1. The lowest BCUT2D eigenvalue weighted by Crippen LogP contribution is -2.46. The van der Waals surface area contributed by atoms with E-state index in [-0.39, 0.29) is 41.7 Å². The van der Waals surface area contributed by atoms with Crippen molar-refractivity contribution in [2.45, 2.75) is 52.2 Å². The van der Waals surface area contributed by atoms with Gasteiger partial charge in [0.2, 0.25) is 5.75 Å². The van der Waals surface area contributed by atoms with Crippen molar-refractivity contribution in [1.29, 1.82) is 0 Å². The first kappa shape index (κ1) is 27.1. The lowest BCUT2D eigenvalue weighted by Gasteiger charge is -2.30. The lowest BCUT2D eigenvalue weighted by molar-refractivity contribution is -0.154. The number of nitrogens with zero attached hydrogens (tertiary/aromatic N) is 1. The highest BCUT2D eigenvalue weighted by atomic mass is 16.6. The molecule has 9 nitrogen and oxygen atoms in total. The van der Waals surface area contributed by atoms with Gasteiger partial charge in [-0.3, -0.25) is 9.59 Å². The van der Waals surface area contributed by atoms with Crippen LogP contribution >= 0.6 is 0 Å². The van der Waals surface area contributed by atoms with Gasteiger partial charge in [0.05, 0.1) is 13.7 Å². The van der Waals surface area contributed by atoms with E-state index in [1.54, 1.807) is 0 Å². The summed E-state index contributed by atoms with van der Waals surface area (Å²) < 4.78 is 22.2. The zero-order chi connectivity index (χ0) is 26.1. The maximum Gasteiger partial charge on any atom is 0.331 e. The molecule has 0 bridgehead atoms. The monoisotopic (exact) mass is 498 g/mol. The molecule has 2 heterocycles. The number of carbonyl (C=O) groups excluding carboxylic acids is 3. The minimum Gasteiger partial charge on any atom is -0.493 e. The average molecular weight is 499 g/mol. The van der Waals surface area contributed by atoms with Crippen molar-refractivity contribution in [1.82, 2.24) is 10.3 Å². The fourth-order valence-electron chi connectivity index (χ4n) is 4.47. The van der Waals surface area contributed by atoms with Crippen LogP contribution in [0.1, 0.15) is 49.7 Å². The number of cyclic esters (lactones) is 1. The summed E-state index contributed by atoms with van der Waals surface area (Å²) in [6.45, 7) is 5.60. The molecular weight excluding hydrogens is 464 g/mol. The summed E-state index contributed by atoms with van der Waals surface area (Å²) in [5.41, 5.74) is 0.980. The first-order valence-electron chi connectivity index (χ1n) is 12.2. The molecule has 0 unspecified atom stereocenters. The van der Waals surface area contributed by atoms with Crippen molar-refractivity contribution in [2.24, 2.45) is 11.8 Å². The van der Waals surface area contributed by atoms with Crippen LogP contribution in [0.25, 0.3) is 0 Å². The molecule has 1 aromatic carbocycles. The molecule has 4 atom stereocenters. The van der Waals surface area contributed by atoms with Gasteiger partial charge in [-0.15, -0.1) is 0 Å². The largest absolute Gasteiger partial charge is 0.493 e. The number of carbonyl (C=O) groups is 3. The summed E-state index contributed by atoms with van der Waals surface area (Å²) in [6.07, 6.45) is 3.61. The Bertz CT molecular complexity index is 1040. The van der Waals surface area contributed by atoms with Crippen LogP contribution in [0, 0.1) is 11.8 Å². The van der Waals surface area contributed by atoms with Crippen molar-refractivity contribution < 1.29 is 33.3 Å². The smallest absolute Gasteiger partial charge is 0.331 e. The zero-order valence-corrected chi connectivity index (χ0v) is 21.2. The SMILES string of the molecule is CCC[C@H]1COC[C@H](NC(=O)c2nccc(OC)c2OC(C)=O)C(=O)O[C@@H](C)[C@@H]1Cc1ccccc1. The first-order valence-corrected chi connectivity index (χ1v) is 12.2. The fraction of sp³-hybridized carbons (Fsp3) is 0.481. The van der Waals surface area contributed by atoms with Gasteiger partial charge in [0, 0.05) is 31.7 Å². The number of pyridine rings is 1. The quantitative estimate of drug-likeness (QED) is 0.552. The summed E-state index contributed by atoms with van der Waals surface area (Å²) in [7, 11) is 1.38. The highest BCUT2D eigenvalue weighted by Crippen LogP contribution is 2.31. The molecule has 36 heavy (non-hydrogen) atoms. The van der Waals surface area contributed by atoms with E-state index in [1.807, 2.05) is 25.1 Å². The number of amides is 1. The molecule has 1 N–H and O–H groups in total. The van der Waals surface area contributed by atoms with Crippen molar-refractivity contribution in [2.75, 3.05) is 20.3 Å². The summed E-state index contributed by atoms with van der Waals surface area (Å²) in [4.78, 5) is 41.8. The van der Waals surface area contributed by atoms with E-state index in [1.165, 1.54) is 26.3 Å². The van der Waals surface area contributed by atoms with Gasteiger partial charge in [-0.05, 0) is 31.2 Å². The van der Waals surface area contributed by atoms with Gasteiger partial charge in [0.1, 0.15) is 6.10 Å². The molecule has 9 heteroatoms. The summed E-state index contributed by atoms with van der Waals surface area (Å²) in [6, 6.07) is 10.5. The molecule has 0 saturated carbocycles. The Morgan fingerprint density at radius 2 is 1.92 bits per heavy atom. The van der Waals surface area contributed by atoms with Crippen LogP contribution in [0.5, 0.6) is 11.5 Å². The normalized spacial score (nSPS) is 22.4. The van der Waals surface area contributed by atoms with Gasteiger partial charge in [0.25, 0.3) is 5.91 Å². The van der Waals surface area contributed by atoms with Crippen molar-refractivity contribution in [3.63, 3.8) is 0 Å². The average Bonchev–Trinajstić information content (AvgIpc) is 2.90. The predicted octanol–water partition coefficient (Wildman–Crippen LogP) is 3.35. The molecule has 0 spiro atoms. The molecule has 194 valence electrons. The number of methoxy groups -OCH3 is 1. The minimum atomic E-state index is -1.06. The Morgan fingerprint density at radius 1 is 1.17 bits per heavy atom. The van der Waals surface area contributed by atoms with Gasteiger partial charge < -0.3 is 24.3 Å². The highest BCUT2D eigenvalue weighted by Gasteiger charge is 2.35. The second-order valence-electron chi connectivity index (χ2n) is 8.89. The zero-order valence-electron chi connectivity index (χ0n) is 21.2. The number of aromatic nitrogens is 1. The fourth-order valence-corrected chi connectivity index (χ4v) is 4.47. The Labute approximate surface area is 211 Å². The number of nitrogens with one attached hydrogen (secondary N) is 1. The van der Waals surface area contributed by atoms with E-state index in [2.05, 4.69) is 29.4 Å².